The molecule has 1 aliphatic rings. The maximum Gasteiger partial charge on any atom is 0.238 e. The molecule has 5 heteroatoms. The van der Waals surface area contributed by atoms with Crippen LogP contribution in [0.5, 0.6) is 0 Å². The zero-order chi connectivity index (χ0) is 12.3. The number of rotatable bonds is 3. The molecule has 2 amide bonds. The monoisotopic (exact) mass is 250 g/mol. The fourth-order valence-corrected chi connectivity index (χ4v) is 2.78. The molecule has 90 valence electrons. The number of hydrogen-bond acceptors (Lipinski definition) is 3. The summed E-state index contributed by atoms with van der Waals surface area (Å²) in [6.07, 6.45) is 0.221. The zero-order valence-corrected chi connectivity index (χ0v) is 10.3. The van der Waals surface area contributed by atoms with Crippen molar-refractivity contribution >= 4 is 29.3 Å². The number of benzene rings is 1. The van der Waals surface area contributed by atoms with Crippen LogP contribution in [0, 0.1) is 0 Å². The van der Waals surface area contributed by atoms with Gasteiger partial charge in [0, 0.05) is 17.9 Å². The van der Waals surface area contributed by atoms with Crippen LogP contribution in [0.15, 0.2) is 29.2 Å². The molecule has 1 heterocycles. The highest BCUT2D eigenvalue weighted by molar-refractivity contribution is 8.01. The van der Waals surface area contributed by atoms with E-state index in [-0.39, 0.29) is 23.5 Å². The number of fused-ring (bicyclic) bond motifs is 1. The van der Waals surface area contributed by atoms with E-state index in [0.717, 1.165) is 10.6 Å². The van der Waals surface area contributed by atoms with Gasteiger partial charge in [-0.15, -0.1) is 11.8 Å². The minimum absolute atomic E-state index is 0.0838. The van der Waals surface area contributed by atoms with Crippen LogP contribution in [0.3, 0.4) is 0 Å². The van der Waals surface area contributed by atoms with Gasteiger partial charge in [-0.05, 0) is 19.1 Å². The minimum Gasteiger partial charge on any atom is -0.356 e. The van der Waals surface area contributed by atoms with Crippen LogP contribution >= 0.6 is 11.8 Å². The highest BCUT2D eigenvalue weighted by Gasteiger charge is 2.28. The maximum atomic E-state index is 11.8. The van der Waals surface area contributed by atoms with E-state index in [4.69, 9.17) is 0 Å². The molecular weight excluding hydrogens is 236 g/mol. The first-order chi connectivity index (χ1) is 8.20. The van der Waals surface area contributed by atoms with Crippen molar-refractivity contribution in [1.82, 2.24) is 5.32 Å². The quantitative estimate of drug-likeness (QED) is 0.857. The van der Waals surface area contributed by atoms with Gasteiger partial charge >= 0.3 is 0 Å². The second kappa shape index (κ2) is 5.23. The second-order valence-corrected chi connectivity index (χ2v) is 4.99. The van der Waals surface area contributed by atoms with Crippen LogP contribution in [0.25, 0.3) is 0 Å². The number of carbonyl (C=O) groups is 2. The molecule has 0 aliphatic carbocycles. The van der Waals surface area contributed by atoms with Gasteiger partial charge in [-0.1, -0.05) is 12.1 Å². The summed E-state index contributed by atoms with van der Waals surface area (Å²) < 4.78 is 0. The molecule has 0 aromatic heterocycles. The second-order valence-electron chi connectivity index (χ2n) is 3.75. The van der Waals surface area contributed by atoms with Gasteiger partial charge in [-0.25, -0.2) is 0 Å². The lowest BCUT2D eigenvalue weighted by Crippen LogP contribution is -2.34. The van der Waals surface area contributed by atoms with Crippen molar-refractivity contribution in [3.63, 3.8) is 0 Å². The Morgan fingerprint density at radius 1 is 1.47 bits per heavy atom. The SMILES string of the molecule is CCNC(=O)CC1Sc2ccccc2NC1=O. The van der Waals surface area contributed by atoms with Crippen molar-refractivity contribution in [2.75, 3.05) is 11.9 Å². The van der Waals surface area contributed by atoms with Crippen molar-refractivity contribution in [1.29, 1.82) is 0 Å². The molecule has 1 aliphatic heterocycles. The summed E-state index contributed by atoms with van der Waals surface area (Å²) in [4.78, 5) is 24.3. The number of thioether (sulfide) groups is 1. The summed E-state index contributed by atoms with van der Waals surface area (Å²) in [5.74, 6) is -0.181. The summed E-state index contributed by atoms with van der Waals surface area (Å²) in [6, 6.07) is 7.61. The fraction of sp³-hybridized carbons (Fsp3) is 0.333. The molecule has 0 radical (unpaired) electrons. The van der Waals surface area contributed by atoms with Crippen LogP contribution in [-0.4, -0.2) is 23.6 Å². The van der Waals surface area contributed by atoms with E-state index >= 15 is 0 Å². The van der Waals surface area contributed by atoms with Crippen LogP contribution in [0.2, 0.25) is 0 Å². The third-order valence-electron chi connectivity index (χ3n) is 2.45. The Bertz CT molecular complexity index is 448. The van der Waals surface area contributed by atoms with E-state index in [1.165, 1.54) is 11.8 Å². The van der Waals surface area contributed by atoms with Crippen LogP contribution < -0.4 is 10.6 Å². The molecule has 0 spiro atoms. The third kappa shape index (κ3) is 2.79. The molecule has 17 heavy (non-hydrogen) atoms. The summed E-state index contributed by atoms with van der Waals surface area (Å²) in [5, 5.41) is 5.19. The molecule has 4 nitrogen and oxygen atoms in total. The van der Waals surface area contributed by atoms with Gasteiger partial charge in [0.05, 0.1) is 10.9 Å². The van der Waals surface area contributed by atoms with Crippen LogP contribution in [-0.2, 0) is 9.59 Å². The summed E-state index contributed by atoms with van der Waals surface area (Å²) in [5.41, 5.74) is 0.828. The van der Waals surface area contributed by atoms with E-state index in [2.05, 4.69) is 10.6 Å². The van der Waals surface area contributed by atoms with Crippen LogP contribution in [0.1, 0.15) is 13.3 Å². The van der Waals surface area contributed by atoms with E-state index < -0.39 is 0 Å². The lowest BCUT2D eigenvalue weighted by molar-refractivity contribution is -0.123. The van der Waals surface area contributed by atoms with Gasteiger partial charge in [0.2, 0.25) is 11.8 Å². The Kier molecular flexibility index (Phi) is 3.68. The molecule has 0 saturated heterocycles. The lowest BCUT2D eigenvalue weighted by atomic mass is 10.2. The molecule has 1 atom stereocenters. The Morgan fingerprint density at radius 3 is 3.00 bits per heavy atom. The van der Waals surface area contributed by atoms with Crippen molar-refractivity contribution < 1.29 is 9.59 Å². The molecule has 1 unspecified atom stereocenters. The summed E-state index contributed by atoms with van der Waals surface area (Å²) in [7, 11) is 0. The predicted molar refractivity (Wildman–Crippen MR) is 68.0 cm³/mol. The van der Waals surface area contributed by atoms with Crippen molar-refractivity contribution in [2.45, 2.75) is 23.5 Å². The number of anilines is 1. The van der Waals surface area contributed by atoms with Gasteiger partial charge in [-0.3, -0.25) is 9.59 Å². The van der Waals surface area contributed by atoms with Gasteiger partial charge in [0.1, 0.15) is 0 Å². The lowest BCUT2D eigenvalue weighted by Gasteiger charge is -2.23. The smallest absolute Gasteiger partial charge is 0.238 e. The Balaban J connectivity index is 2.07. The molecule has 0 fully saturated rings. The number of hydrogen-bond donors (Lipinski definition) is 2. The molecule has 0 bridgehead atoms. The van der Waals surface area contributed by atoms with E-state index in [1.54, 1.807) is 0 Å². The Labute approximate surface area is 104 Å². The van der Waals surface area contributed by atoms with Crippen LogP contribution in [0.4, 0.5) is 5.69 Å². The third-order valence-corrected chi connectivity index (χ3v) is 3.73. The van der Waals surface area contributed by atoms with Gasteiger partial charge in [0.15, 0.2) is 0 Å². The van der Waals surface area contributed by atoms with E-state index in [1.807, 2.05) is 31.2 Å². The topological polar surface area (TPSA) is 58.2 Å². The number of carbonyl (C=O) groups excluding carboxylic acids is 2. The van der Waals surface area contributed by atoms with E-state index in [0.29, 0.717) is 6.54 Å². The van der Waals surface area contributed by atoms with E-state index in [9.17, 15) is 9.59 Å². The molecule has 2 N–H and O–H groups in total. The first-order valence-corrected chi connectivity index (χ1v) is 6.42. The average Bonchev–Trinajstić information content (AvgIpc) is 2.30. The fourth-order valence-electron chi connectivity index (χ4n) is 1.66. The molecule has 1 aromatic rings. The Hall–Kier alpha value is -1.49. The average molecular weight is 250 g/mol. The zero-order valence-electron chi connectivity index (χ0n) is 9.53. The number of amides is 2. The van der Waals surface area contributed by atoms with Crippen molar-refractivity contribution in [2.24, 2.45) is 0 Å². The normalized spacial score (nSPS) is 18.2. The number of para-hydroxylation sites is 1. The standard InChI is InChI=1S/C12H14N2O2S/c1-2-13-11(15)7-10-12(16)14-8-5-3-4-6-9(8)17-10/h3-6,10H,2,7H2,1H3,(H,13,15)(H,14,16). The largest absolute Gasteiger partial charge is 0.356 e. The highest BCUT2D eigenvalue weighted by Crippen LogP contribution is 2.36. The van der Waals surface area contributed by atoms with Crippen molar-refractivity contribution in [3.8, 4) is 0 Å². The summed E-state index contributed by atoms with van der Waals surface area (Å²) >= 11 is 1.45. The Morgan fingerprint density at radius 2 is 2.24 bits per heavy atom. The first kappa shape index (κ1) is 12.0. The minimum atomic E-state index is -0.337. The van der Waals surface area contributed by atoms with Gasteiger partial charge in [-0.2, -0.15) is 0 Å². The molecule has 2 rings (SSSR count). The first-order valence-electron chi connectivity index (χ1n) is 5.54. The van der Waals surface area contributed by atoms with Crippen molar-refractivity contribution in [3.05, 3.63) is 24.3 Å². The highest BCUT2D eigenvalue weighted by atomic mass is 32.2. The molecular formula is C12H14N2O2S. The molecule has 0 saturated carbocycles. The van der Waals surface area contributed by atoms with Gasteiger partial charge < -0.3 is 10.6 Å². The molecule has 1 aromatic carbocycles. The predicted octanol–water partition coefficient (Wildman–Crippen LogP) is 1.63. The number of nitrogens with one attached hydrogen (secondary N) is 2. The summed E-state index contributed by atoms with van der Waals surface area (Å²) in [6.45, 7) is 2.45. The van der Waals surface area contributed by atoms with Gasteiger partial charge in [0.25, 0.3) is 0 Å². The maximum absolute atomic E-state index is 11.8.